The average Bonchev–Trinajstić information content (AvgIpc) is 2.12. The van der Waals surface area contributed by atoms with Crippen molar-refractivity contribution in [2.45, 2.75) is 29.9 Å². The molecule has 0 spiro atoms. The molecule has 0 aliphatic heterocycles. The second kappa shape index (κ2) is 2.88. The third-order valence-corrected chi connectivity index (χ3v) is 2.62. The summed E-state index contributed by atoms with van der Waals surface area (Å²) in [5, 5.41) is 7.69. The molecule has 0 atom stereocenters. The predicted octanol–water partition coefficient (Wildman–Crippen LogP) is 2.43. The van der Waals surface area contributed by atoms with Gasteiger partial charge in [-0.1, -0.05) is 43.9 Å². The molecular formula is C6H10N2S2. The SMILES string of the molecule is CC(C)(C)Sc1nncs1. The highest BCUT2D eigenvalue weighted by atomic mass is 32.2. The molecule has 56 valence electrons. The van der Waals surface area contributed by atoms with Crippen LogP contribution in [0.25, 0.3) is 0 Å². The lowest BCUT2D eigenvalue weighted by Gasteiger charge is -2.13. The Kier molecular flexibility index (Phi) is 2.31. The van der Waals surface area contributed by atoms with Gasteiger partial charge in [0.15, 0.2) is 4.34 Å². The second-order valence-electron chi connectivity index (χ2n) is 2.92. The molecule has 4 heteroatoms. The van der Waals surface area contributed by atoms with Crippen LogP contribution in [0, 0.1) is 0 Å². The van der Waals surface area contributed by atoms with Crippen molar-refractivity contribution in [2.24, 2.45) is 0 Å². The molecule has 0 aliphatic rings. The fourth-order valence-electron chi connectivity index (χ4n) is 0.469. The van der Waals surface area contributed by atoms with E-state index in [1.54, 1.807) is 28.6 Å². The summed E-state index contributed by atoms with van der Waals surface area (Å²) in [4.78, 5) is 0. The van der Waals surface area contributed by atoms with Crippen molar-refractivity contribution < 1.29 is 0 Å². The first kappa shape index (κ1) is 8.01. The van der Waals surface area contributed by atoms with Crippen LogP contribution >= 0.6 is 23.1 Å². The zero-order valence-electron chi connectivity index (χ0n) is 6.29. The van der Waals surface area contributed by atoms with Crippen molar-refractivity contribution in [3.63, 3.8) is 0 Å². The van der Waals surface area contributed by atoms with Crippen molar-refractivity contribution in [3.8, 4) is 0 Å². The van der Waals surface area contributed by atoms with Crippen molar-refractivity contribution >= 4 is 23.1 Å². The second-order valence-corrected chi connectivity index (χ2v) is 5.83. The standard InChI is InChI=1S/C6H10N2S2/c1-6(2,3)10-5-8-7-4-9-5/h4H,1-3H3. The van der Waals surface area contributed by atoms with E-state index in [1.165, 1.54) is 0 Å². The largest absolute Gasteiger partial charge is 0.174 e. The lowest BCUT2D eigenvalue weighted by molar-refractivity contribution is 0.800. The number of nitrogens with zero attached hydrogens (tertiary/aromatic N) is 2. The van der Waals surface area contributed by atoms with Crippen LogP contribution in [0.5, 0.6) is 0 Å². The zero-order valence-corrected chi connectivity index (χ0v) is 7.92. The Morgan fingerprint density at radius 3 is 2.60 bits per heavy atom. The van der Waals surface area contributed by atoms with Gasteiger partial charge in [-0.05, 0) is 0 Å². The lowest BCUT2D eigenvalue weighted by atomic mass is 10.3. The fourth-order valence-corrected chi connectivity index (χ4v) is 2.43. The summed E-state index contributed by atoms with van der Waals surface area (Å²) in [5.74, 6) is 0. The van der Waals surface area contributed by atoms with Gasteiger partial charge in [-0.15, -0.1) is 10.2 Å². The first-order valence-electron chi connectivity index (χ1n) is 3.03. The quantitative estimate of drug-likeness (QED) is 0.611. The normalized spacial score (nSPS) is 11.9. The minimum Gasteiger partial charge on any atom is -0.146 e. The van der Waals surface area contributed by atoms with Gasteiger partial charge < -0.3 is 0 Å². The molecule has 0 saturated heterocycles. The highest BCUT2D eigenvalue weighted by Gasteiger charge is 2.13. The maximum atomic E-state index is 3.93. The monoisotopic (exact) mass is 174 g/mol. The number of thioether (sulfide) groups is 1. The van der Waals surface area contributed by atoms with Gasteiger partial charge >= 0.3 is 0 Å². The number of rotatable bonds is 1. The van der Waals surface area contributed by atoms with Gasteiger partial charge in [0, 0.05) is 4.75 Å². The molecule has 0 aliphatic carbocycles. The van der Waals surface area contributed by atoms with Crippen molar-refractivity contribution in [1.29, 1.82) is 0 Å². The predicted molar refractivity (Wildman–Crippen MR) is 45.5 cm³/mol. The van der Waals surface area contributed by atoms with Crippen LogP contribution < -0.4 is 0 Å². The summed E-state index contributed by atoms with van der Waals surface area (Å²) in [5.41, 5.74) is 1.76. The average molecular weight is 174 g/mol. The molecule has 1 aromatic heterocycles. The molecule has 0 aromatic carbocycles. The van der Waals surface area contributed by atoms with Crippen molar-refractivity contribution in [3.05, 3.63) is 5.51 Å². The Hall–Kier alpha value is -0.0900. The number of hydrogen-bond donors (Lipinski definition) is 0. The molecule has 0 fully saturated rings. The Labute approximate surface area is 69.1 Å². The summed E-state index contributed by atoms with van der Waals surface area (Å²) < 4.78 is 1.30. The van der Waals surface area contributed by atoms with Gasteiger partial charge in [-0.25, -0.2) is 0 Å². The summed E-state index contributed by atoms with van der Waals surface area (Å²) in [6.45, 7) is 6.50. The molecule has 1 rings (SSSR count). The molecule has 0 radical (unpaired) electrons. The minimum absolute atomic E-state index is 0.250. The lowest BCUT2D eigenvalue weighted by Crippen LogP contribution is -2.06. The van der Waals surface area contributed by atoms with E-state index < -0.39 is 0 Å². The first-order chi connectivity index (χ1) is 4.58. The molecule has 0 bridgehead atoms. The van der Waals surface area contributed by atoms with Crippen LogP contribution in [-0.4, -0.2) is 14.9 Å². The molecule has 10 heavy (non-hydrogen) atoms. The Balaban J connectivity index is 2.57. The zero-order chi connectivity index (χ0) is 7.61. The van der Waals surface area contributed by atoms with E-state index in [0.29, 0.717) is 0 Å². The van der Waals surface area contributed by atoms with E-state index in [2.05, 4.69) is 31.0 Å². The summed E-state index contributed by atoms with van der Waals surface area (Å²) in [7, 11) is 0. The summed E-state index contributed by atoms with van der Waals surface area (Å²) in [6.07, 6.45) is 0. The van der Waals surface area contributed by atoms with Gasteiger partial charge in [0.1, 0.15) is 5.51 Å². The van der Waals surface area contributed by atoms with E-state index in [4.69, 9.17) is 0 Å². The third-order valence-electron chi connectivity index (χ3n) is 0.734. The molecule has 1 heterocycles. The van der Waals surface area contributed by atoms with Crippen LogP contribution in [0.2, 0.25) is 0 Å². The van der Waals surface area contributed by atoms with Crippen LogP contribution in [-0.2, 0) is 0 Å². The van der Waals surface area contributed by atoms with E-state index >= 15 is 0 Å². The Bertz CT molecular complexity index is 188. The smallest absolute Gasteiger partial charge is 0.146 e. The van der Waals surface area contributed by atoms with Gasteiger partial charge in [0.05, 0.1) is 0 Å². The van der Waals surface area contributed by atoms with Crippen LogP contribution in [0.3, 0.4) is 0 Å². The van der Waals surface area contributed by atoms with Crippen LogP contribution in [0.1, 0.15) is 20.8 Å². The number of hydrogen-bond acceptors (Lipinski definition) is 4. The fraction of sp³-hybridized carbons (Fsp3) is 0.667. The highest BCUT2D eigenvalue weighted by Crippen LogP contribution is 2.31. The molecule has 2 nitrogen and oxygen atoms in total. The maximum Gasteiger partial charge on any atom is 0.174 e. The Morgan fingerprint density at radius 2 is 2.20 bits per heavy atom. The van der Waals surface area contributed by atoms with Gasteiger partial charge in [0.2, 0.25) is 0 Å². The molecule has 0 N–H and O–H groups in total. The first-order valence-corrected chi connectivity index (χ1v) is 4.73. The topological polar surface area (TPSA) is 25.8 Å². The van der Waals surface area contributed by atoms with Crippen molar-refractivity contribution in [2.75, 3.05) is 0 Å². The molecule has 0 unspecified atom stereocenters. The summed E-state index contributed by atoms with van der Waals surface area (Å²) >= 11 is 3.34. The van der Waals surface area contributed by atoms with E-state index in [-0.39, 0.29) is 4.75 Å². The number of aromatic nitrogens is 2. The van der Waals surface area contributed by atoms with Gasteiger partial charge in [-0.2, -0.15) is 0 Å². The molecule has 0 amide bonds. The third kappa shape index (κ3) is 2.66. The van der Waals surface area contributed by atoms with Gasteiger partial charge in [-0.3, -0.25) is 0 Å². The van der Waals surface area contributed by atoms with Gasteiger partial charge in [0.25, 0.3) is 0 Å². The minimum atomic E-state index is 0.250. The van der Waals surface area contributed by atoms with E-state index in [0.717, 1.165) is 4.34 Å². The summed E-state index contributed by atoms with van der Waals surface area (Å²) in [6, 6.07) is 0. The van der Waals surface area contributed by atoms with E-state index in [1.807, 2.05) is 0 Å². The molecular weight excluding hydrogens is 164 g/mol. The van der Waals surface area contributed by atoms with E-state index in [9.17, 15) is 0 Å². The Morgan fingerprint density at radius 1 is 1.50 bits per heavy atom. The molecule has 1 aromatic rings. The van der Waals surface area contributed by atoms with Crippen molar-refractivity contribution in [1.82, 2.24) is 10.2 Å². The maximum absolute atomic E-state index is 3.93. The van der Waals surface area contributed by atoms with Crippen LogP contribution in [0.4, 0.5) is 0 Å². The molecule has 0 saturated carbocycles. The van der Waals surface area contributed by atoms with Crippen LogP contribution in [0.15, 0.2) is 9.85 Å². The highest BCUT2D eigenvalue weighted by molar-refractivity contribution is 8.02.